The van der Waals surface area contributed by atoms with Crippen molar-refractivity contribution in [2.24, 2.45) is 0 Å². The van der Waals surface area contributed by atoms with E-state index >= 15 is 0 Å². The number of rotatable bonds is 5. The van der Waals surface area contributed by atoms with Crippen LogP contribution >= 0.6 is 23.4 Å². The smallest absolute Gasteiger partial charge is 0.230 e. The third-order valence-corrected chi connectivity index (χ3v) is 5.45. The molecule has 0 aromatic heterocycles. The fourth-order valence-electron chi connectivity index (χ4n) is 3.04. The van der Waals surface area contributed by atoms with Crippen LogP contribution in [0.25, 0.3) is 0 Å². The first-order chi connectivity index (χ1) is 10.7. The average Bonchev–Trinajstić information content (AvgIpc) is 3.17. The number of thioether (sulfide) groups is 1. The number of amides is 1. The van der Waals surface area contributed by atoms with Gasteiger partial charge >= 0.3 is 0 Å². The maximum absolute atomic E-state index is 12.2. The van der Waals surface area contributed by atoms with Crippen molar-refractivity contribution in [3.8, 4) is 0 Å². The Balaban J connectivity index is 1.47. The summed E-state index contributed by atoms with van der Waals surface area (Å²) in [4.78, 5) is 15.7. The van der Waals surface area contributed by atoms with Crippen molar-refractivity contribution in [2.75, 3.05) is 32.1 Å². The van der Waals surface area contributed by atoms with Crippen LogP contribution in [0.4, 0.5) is 0 Å². The number of carbonyl (C=O) groups is 1. The molecule has 2 aliphatic heterocycles. The van der Waals surface area contributed by atoms with Gasteiger partial charge in [-0.1, -0.05) is 11.6 Å². The van der Waals surface area contributed by atoms with Gasteiger partial charge in [0.15, 0.2) is 0 Å². The zero-order valence-corrected chi connectivity index (χ0v) is 14.0. The van der Waals surface area contributed by atoms with Gasteiger partial charge in [-0.3, -0.25) is 9.69 Å². The highest BCUT2D eigenvalue weighted by atomic mass is 35.5. The molecule has 1 N–H and O–H groups in total. The lowest BCUT2D eigenvalue weighted by atomic mass is 10.1. The fourth-order valence-corrected chi connectivity index (χ4v) is 3.88. The number of hydrogen-bond donors (Lipinski definition) is 1. The van der Waals surface area contributed by atoms with Crippen LogP contribution in [0.3, 0.4) is 0 Å². The molecule has 1 aromatic rings. The van der Waals surface area contributed by atoms with Crippen LogP contribution in [0.1, 0.15) is 12.8 Å². The molecule has 0 spiro atoms. The summed E-state index contributed by atoms with van der Waals surface area (Å²) in [7, 11) is 0. The molecule has 2 fully saturated rings. The Hall–Kier alpha value is -0.750. The Labute approximate surface area is 140 Å². The molecule has 0 saturated carbocycles. The van der Waals surface area contributed by atoms with Crippen LogP contribution < -0.4 is 5.32 Å². The molecule has 2 heterocycles. The fraction of sp³-hybridized carbons (Fsp3) is 0.562. The van der Waals surface area contributed by atoms with Gasteiger partial charge in [-0.2, -0.15) is 0 Å². The summed E-state index contributed by atoms with van der Waals surface area (Å²) >= 11 is 7.39. The molecule has 22 heavy (non-hydrogen) atoms. The second-order valence-electron chi connectivity index (χ2n) is 5.76. The molecule has 6 heteroatoms. The van der Waals surface area contributed by atoms with Gasteiger partial charge in [0, 0.05) is 9.92 Å². The summed E-state index contributed by atoms with van der Waals surface area (Å²) in [5, 5.41) is 3.85. The van der Waals surface area contributed by atoms with Crippen molar-refractivity contribution in [2.45, 2.75) is 29.8 Å². The third-order valence-electron chi connectivity index (χ3n) is 4.19. The van der Waals surface area contributed by atoms with Crippen molar-refractivity contribution >= 4 is 29.3 Å². The number of nitrogens with one attached hydrogen (secondary N) is 1. The Morgan fingerprint density at radius 3 is 2.73 bits per heavy atom. The molecular weight excluding hydrogens is 320 g/mol. The predicted octanol–water partition coefficient (Wildman–Crippen LogP) is 2.41. The highest BCUT2D eigenvalue weighted by Crippen LogP contribution is 2.21. The van der Waals surface area contributed by atoms with E-state index in [0.717, 1.165) is 24.6 Å². The Morgan fingerprint density at radius 1 is 1.27 bits per heavy atom. The van der Waals surface area contributed by atoms with E-state index in [1.54, 1.807) is 0 Å². The van der Waals surface area contributed by atoms with Crippen molar-refractivity contribution in [1.82, 2.24) is 10.2 Å². The number of halogens is 1. The van der Waals surface area contributed by atoms with E-state index in [4.69, 9.17) is 16.3 Å². The van der Waals surface area contributed by atoms with Gasteiger partial charge in [-0.05, 0) is 50.2 Å². The van der Waals surface area contributed by atoms with Gasteiger partial charge in [0.05, 0.1) is 31.1 Å². The summed E-state index contributed by atoms with van der Waals surface area (Å²) in [6, 6.07) is 8.02. The summed E-state index contributed by atoms with van der Waals surface area (Å²) in [6.45, 7) is 3.60. The van der Waals surface area contributed by atoms with E-state index in [1.165, 1.54) is 24.6 Å². The number of likely N-dealkylation sites (tertiary alicyclic amines) is 1. The molecule has 1 aromatic carbocycles. The number of carbonyl (C=O) groups excluding carboxylic acids is 1. The topological polar surface area (TPSA) is 41.6 Å². The maximum Gasteiger partial charge on any atom is 0.230 e. The van der Waals surface area contributed by atoms with Crippen molar-refractivity contribution < 1.29 is 9.53 Å². The van der Waals surface area contributed by atoms with E-state index in [-0.39, 0.29) is 11.9 Å². The minimum absolute atomic E-state index is 0.0691. The number of ether oxygens (including phenoxy) is 1. The third kappa shape index (κ3) is 4.16. The summed E-state index contributed by atoms with van der Waals surface area (Å²) in [5.41, 5.74) is 0. The summed E-state index contributed by atoms with van der Waals surface area (Å²) in [6.07, 6.45) is 2.51. The second-order valence-corrected chi connectivity index (χ2v) is 7.25. The van der Waals surface area contributed by atoms with Gasteiger partial charge in [0.25, 0.3) is 0 Å². The molecule has 2 aliphatic rings. The van der Waals surface area contributed by atoms with Gasteiger partial charge < -0.3 is 10.1 Å². The lowest BCUT2D eigenvalue weighted by molar-refractivity contribution is -0.119. The molecule has 120 valence electrons. The Morgan fingerprint density at radius 2 is 2.00 bits per heavy atom. The van der Waals surface area contributed by atoms with Crippen LogP contribution in [0.15, 0.2) is 29.2 Å². The molecule has 3 rings (SSSR count). The zero-order chi connectivity index (χ0) is 15.4. The summed E-state index contributed by atoms with van der Waals surface area (Å²) in [5.74, 6) is 0.491. The molecular formula is C16H21ClN2O2S. The van der Waals surface area contributed by atoms with E-state index in [1.807, 2.05) is 24.3 Å². The van der Waals surface area contributed by atoms with E-state index < -0.39 is 0 Å². The molecule has 0 radical (unpaired) electrons. The van der Waals surface area contributed by atoms with E-state index in [0.29, 0.717) is 23.4 Å². The second kappa shape index (κ2) is 7.68. The minimum atomic E-state index is 0.0691. The molecule has 0 bridgehead atoms. The van der Waals surface area contributed by atoms with E-state index in [2.05, 4.69) is 10.2 Å². The highest BCUT2D eigenvalue weighted by molar-refractivity contribution is 8.00. The first-order valence-electron chi connectivity index (χ1n) is 7.72. The van der Waals surface area contributed by atoms with Gasteiger partial charge in [0.1, 0.15) is 0 Å². The van der Waals surface area contributed by atoms with Crippen molar-refractivity contribution in [3.05, 3.63) is 29.3 Å². The lowest BCUT2D eigenvalue weighted by Crippen LogP contribution is -2.50. The van der Waals surface area contributed by atoms with Gasteiger partial charge in [-0.15, -0.1) is 11.8 Å². The summed E-state index contributed by atoms with van der Waals surface area (Å²) < 4.78 is 5.58. The Kier molecular flexibility index (Phi) is 5.63. The van der Waals surface area contributed by atoms with Gasteiger partial charge in [0.2, 0.25) is 5.91 Å². The average molecular weight is 341 g/mol. The van der Waals surface area contributed by atoms with Gasteiger partial charge in [-0.25, -0.2) is 0 Å². The Bertz CT molecular complexity index is 505. The van der Waals surface area contributed by atoms with Crippen LogP contribution in [0, 0.1) is 0 Å². The number of nitrogens with zero attached hydrogens (tertiary/aromatic N) is 1. The molecule has 2 saturated heterocycles. The van der Waals surface area contributed by atoms with E-state index in [9.17, 15) is 4.79 Å². The van der Waals surface area contributed by atoms with Crippen molar-refractivity contribution in [3.63, 3.8) is 0 Å². The molecule has 0 aliphatic carbocycles. The maximum atomic E-state index is 12.2. The first-order valence-corrected chi connectivity index (χ1v) is 9.08. The SMILES string of the molecule is O=C(CSc1ccc(Cl)cc1)N[C@H]1COC[C@@H]1N1CCCC1. The molecule has 1 amide bonds. The zero-order valence-electron chi connectivity index (χ0n) is 12.5. The minimum Gasteiger partial charge on any atom is -0.378 e. The largest absolute Gasteiger partial charge is 0.378 e. The molecule has 4 nitrogen and oxygen atoms in total. The molecule has 2 atom stereocenters. The quantitative estimate of drug-likeness (QED) is 0.836. The molecule has 0 unspecified atom stereocenters. The highest BCUT2D eigenvalue weighted by Gasteiger charge is 2.35. The van der Waals surface area contributed by atoms with Crippen LogP contribution in [-0.4, -0.2) is 54.9 Å². The number of benzene rings is 1. The predicted molar refractivity (Wildman–Crippen MR) is 89.5 cm³/mol. The van der Waals surface area contributed by atoms with Crippen LogP contribution in [0.2, 0.25) is 5.02 Å². The van der Waals surface area contributed by atoms with Crippen LogP contribution in [0.5, 0.6) is 0 Å². The van der Waals surface area contributed by atoms with Crippen LogP contribution in [-0.2, 0) is 9.53 Å². The monoisotopic (exact) mass is 340 g/mol. The number of hydrogen-bond acceptors (Lipinski definition) is 4. The lowest BCUT2D eigenvalue weighted by Gasteiger charge is -2.27. The van der Waals surface area contributed by atoms with Crippen molar-refractivity contribution in [1.29, 1.82) is 0 Å². The standard InChI is InChI=1S/C16H21ClN2O2S/c17-12-3-5-13(6-4-12)22-11-16(20)18-14-9-21-10-15(14)19-7-1-2-8-19/h3-6,14-15H,1-2,7-11H2,(H,18,20)/t14-,15-/m0/s1. The normalized spacial score (nSPS) is 25.5. The first kappa shape index (κ1) is 16.1.